The quantitative estimate of drug-likeness (QED) is 0.746. The third-order valence-corrected chi connectivity index (χ3v) is 2.72. The molecule has 1 atom stereocenters. The van der Waals surface area contributed by atoms with Gasteiger partial charge in [0, 0.05) is 5.33 Å². The lowest BCUT2D eigenvalue weighted by atomic mass is 10.2. The average molecular weight is 258 g/mol. The van der Waals surface area contributed by atoms with Crippen molar-refractivity contribution in [3.05, 3.63) is 35.6 Å². The Balaban J connectivity index is 2.22. The van der Waals surface area contributed by atoms with E-state index in [1.807, 2.05) is 0 Å². The molecule has 0 spiro atoms. The fraction of sp³-hybridized carbons (Fsp3) is 0.300. The molecule has 2 rings (SSSR count). The summed E-state index contributed by atoms with van der Waals surface area (Å²) in [4.78, 5) is 4.14. The fourth-order valence-corrected chi connectivity index (χ4v) is 1.62. The molecule has 1 aliphatic heterocycles. The number of ether oxygens (including phenoxy) is 1. The number of benzene rings is 1. The minimum Gasteiger partial charge on any atom is -0.471 e. The van der Waals surface area contributed by atoms with Crippen molar-refractivity contribution in [2.45, 2.75) is 6.10 Å². The molecule has 1 aromatic carbocycles. The first-order valence-electron chi connectivity index (χ1n) is 4.33. The molecule has 4 heteroatoms. The number of alkyl halides is 1. The maximum atomic E-state index is 13.3. The topological polar surface area (TPSA) is 21.6 Å². The number of hydrogen-bond acceptors (Lipinski definition) is 2. The summed E-state index contributed by atoms with van der Waals surface area (Å²) in [6.45, 7) is 0.592. The van der Waals surface area contributed by atoms with Crippen molar-refractivity contribution in [2.75, 3.05) is 11.9 Å². The summed E-state index contributed by atoms with van der Waals surface area (Å²) in [5.74, 6) is 0.119. The highest BCUT2D eigenvalue weighted by molar-refractivity contribution is 9.09. The number of aliphatic imine (C=N–C) groups is 1. The van der Waals surface area contributed by atoms with Gasteiger partial charge in [0.25, 0.3) is 0 Å². The summed E-state index contributed by atoms with van der Waals surface area (Å²) in [6, 6.07) is 6.50. The zero-order chi connectivity index (χ0) is 9.97. The van der Waals surface area contributed by atoms with E-state index in [1.54, 1.807) is 18.2 Å². The summed E-state index contributed by atoms with van der Waals surface area (Å²) in [7, 11) is 0. The molecule has 0 aromatic heterocycles. The van der Waals surface area contributed by atoms with Gasteiger partial charge < -0.3 is 4.74 Å². The first-order chi connectivity index (χ1) is 6.81. The Hall–Kier alpha value is -0.900. The van der Waals surface area contributed by atoms with Gasteiger partial charge in [0.2, 0.25) is 5.90 Å². The van der Waals surface area contributed by atoms with Gasteiger partial charge in [-0.3, -0.25) is 0 Å². The molecule has 1 aliphatic rings. The van der Waals surface area contributed by atoms with Crippen LogP contribution >= 0.6 is 15.9 Å². The molecular formula is C10H9BrFNO. The molecule has 74 valence electrons. The first kappa shape index (κ1) is 9.65. The van der Waals surface area contributed by atoms with Crippen LogP contribution in [0.1, 0.15) is 5.56 Å². The smallest absolute Gasteiger partial charge is 0.219 e. The van der Waals surface area contributed by atoms with E-state index in [-0.39, 0.29) is 11.9 Å². The fourth-order valence-electron chi connectivity index (χ4n) is 1.28. The summed E-state index contributed by atoms with van der Waals surface area (Å²) in [5.41, 5.74) is 0.441. The molecule has 0 N–H and O–H groups in total. The van der Waals surface area contributed by atoms with Crippen LogP contribution in [0.4, 0.5) is 4.39 Å². The Kier molecular flexibility index (Phi) is 2.82. The van der Waals surface area contributed by atoms with Crippen LogP contribution in [0, 0.1) is 5.82 Å². The van der Waals surface area contributed by atoms with Crippen LogP contribution in [0.25, 0.3) is 0 Å². The molecule has 2 nitrogen and oxygen atoms in total. The molecule has 0 saturated carbocycles. The average Bonchev–Trinajstić information content (AvgIpc) is 2.67. The van der Waals surface area contributed by atoms with E-state index < -0.39 is 0 Å². The van der Waals surface area contributed by atoms with E-state index in [1.165, 1.54) is 6.07 Å². The van der Waals surface area contributed by atoms with Crippen molar-refractivity contribution < 1.29 is 9.13 Å². The van der Waals surface area contributed by atoms with Crippen molar-refractivity contribution in [1.29, 1.82) is 0 Å². The largest absolute Gasteiger partial charge is 0.471 e. The third kappa shape index (κ3) is 1.80. The Morgan fingerprint density at radius 3 is 2.93 bits per heavy atom. The van der Waals surface area contributed by atoms with Gasteiger partial charge in [0.15, 0.2) is 0 Å². The molecule has 1 heterocycles. The van der Waals surface area contributed by atoms with Gasteiger partial charge in [0.1, 0.15) is 11.9 Å². The van der Waals surface area contributed by atoms with Gasteiger partial charge in [0.05, 0.1) is 12.1 Å². The Morgan fingerprint density at radius 1 is 1.50 bits per heavy atom. The minimum absolute atomic E-state index is 0.0320. The predicted octanol–water partition coefficient (Wildman–Crippen LogP) is 2.37. The normalized spacial score (nSPS) is 20.4. The molecule has 1 aromatic rings. The highest BCUT2D eigenvalue weighted by atomic mass is 79.9. The molecule has 14 heavy (non-hydrogen) atoms. The Morgan fingerprint density at radius 2 is 2.29 bits per heavy atom. The van der Waals surface area contributed by atoms with Crippen LogP contribution < -0.4 is 0 Å². The Labute approximate surface area is 89.9 Å². The summed E-state index contributed by atoms with van der Waals surface area (Å²) in [6.07, 6.45) is 0.0320. The highest BCUT2D eigenvalue weighted by Gasteiger charge is 2.21. The monoisotopic (exact) mass is 257 g/mol. The van der Waals surface area contributed by atoms with Crippen molar-refractivity contribution in [2.24, 2.45) is 4.99 Å². The van der Waals surface area contributed by atoms with Crippen molar-refractivity contribution in [3.63, 3.8) is 0 Å². The second-order valence-corrected chi connectivity index (χ2v) is 3.67. The van der Waals surface area contributed by atoms with Gasteiger partial charge in [-0.25, -0.2) is 9.38 Å². The maximum Gasteiger partial charge on any atom is 0.219 e. The van der Waals surface area contributed by atoms with E-state index in [0.717, 1.165) is 0 Å². The summed E-state index contributed by atoms with van der Waals surface area (Å²) in [5, 5.41) is 0.717. The first-order valence-corrected chi connectivity index (χ1v) is 5.45. The molecule has 0 amide bonds. The molecule has 1 unspecified atom stereocenters. The predicted molar refractivity (Wildman–Crippen MR) is 56.5 cm³/mol. The van der Waals surface area contributed by atoms with Crippen molar-refractivity contribution >= 4 is 21.8 Å². The van der Waals surface area contributed by atoms with Crippen LogP contribution in [0.15, 0.2) is 29.3 Å². The van der Waals surface area contributed by atoms with Crippen LogP contribution in [0.5, 0.6) is 0 Å². The lowest BCUT2D eigenvalue weighted by Gasteiger charge is -2.07. The molecule has 0 bridgehead atoms. The second kappa shape index (κ2) is 4.09. The van der Waals surface area contributed by atoms with E-state index in [9.17, 15) is 4.39 Å². The highest BCUT2D eigenvalue weighted by Crippen LogP contribution is 2.16. The second-order valence-electron chi connectivity index (χ2n) is 3.02. The SMILES string of the molecule is Fc1ccccc1C1=NCC(CBr)O1. The van der Waals surface area contributed by atoms with Crippen molar-refractivity contribution in [1.82, 2.24) is 0 Å². The summed E-state index contributed by atoms with van der Waals surface area (Å²) < 4.78 is 18.7. The van der Waals surface area contributed by atoms with Crippen LogP contribution in [0.3, 0.4) is 0 Å². The van der Waals surface area contributed by atoms with E-state index in [4.69, 9.17) is 4.74 Å². The zero-order valence-electron chi connectivity index (χ0n) is 7.41. The van der Waals surface area contributed by atoms with Gasteiger partial charge in [-0.15, -0.1) is 0 Å². The molecular weight excluding hydrogens is 249 g/mol. The minimum atomic E-state index is -0.290. The van der Waals surface area contributed by atoms with E-state index >= 15 is 0 Å². The van der Waals surface area contributed by atoms with Gasteiger partial charge in [-0.1, -0.05) is 28.1 Å². The standard InChI is InChI=1S/C10H9BrFNO/c11-5-7-6-13-10(14-7)8-3-1-2-4-9(8)12/h1-4,7H,5-6H2. The third-order valence-electron chi connectivity index (χ3n) is 1.99. The number of hydrogen-bond donors (Lipinski definition) is 0. The lowest BCUT2D eigenvalue weighted by molar-refractivity contribution is 0.251. The zero-order valence-corrected chi connectivity index (χ0v) is 9.00. The maximum absolute atomic E-state index is 13.3. The van der Waals surface area contributed by atoms with Crippen LogP contribution in [0.2, 0.25) is 0 Å². The van der Waals surface area contributed by atoms with Crippen molar-refractivity contribution in [3.8, 4) is 0 Å². The number of halogens is 2. The van der Waals surface area contributed by atoms with Gasteiger partial charge >= 0.3 is 0 Å². The van der Waals surface area contributed by atoms with Crippen LogP contribution in [-0.4, -0.2) is 23.9 Å². The van der Waals surface area contributed by atoms with E-state index in [0.29, 0.717) is 23.3 Å². The molecule has 0 saturated heterocycles. The van der Waals surface area contributed by atoms with Gasteiger partial charge in [-0.2, -0.15) is 0 Å². The molecule has 0 aliphatic carbocycles. The van der Waals surface area contributed by atoms with Crippen LogP contribution in [-0.2, 0) is 4.74 Å². The molecule has 0 radical (unpaired) electrons. The number of nitrogens with zero attached hydrogens (tertiary/aromatic N) is 1. The van der Waals surface area contributed by atoms with E-state index in [2.05, 4.69) is 20.9 Å². The Bertz CT molecular complexity index is 367. The van der Waals surface area contributed by atoms with Gasteiger partial charge in [-0.05, 0) is 12.1 Å². The lowest BCUT2D eigenvalue weighted by Crippen LogP contribution is -2.15. The summed E-state index contributed by atoms with van der Waals surface area (Å²) >= 11 is 3.30. The molecule has 0 fully saturated rings. The number of rotatable bonds is 2.